The maximum absolute atomic E-state index is 17.3. The summed E-state index contributed by atoms with van der Waals surface area (Å²) in [6.07, 6.45) is 0. The second-order valence-electron chi connectivity index (χ2n) is 15.9. The van der Waals surface area contributed by atoms with Crippen molar-refractivity contribution in [3.05, 3.63) is 144 Å². The second-order valence-corrected chi connectivity index (χ2v) is 21.2. The third-order valence-corrected chi connectivity index (χ3v) is 19.7. The summed E-state index contributed by atoms with van der Waals surface area (Å²) in [5.41, 5.74) is 13.2. The molecule has 4 heterocycles. The molecule has 0 unspecified atom stereocenters. The first-order chi connectivity index (χ1) is 26.2. The molecule has 0 N–H and O–H groups in total. The number of rotatable bonds is 0. The summed E-state index contributed by atoms with van der Waals surface area (Å²) in [5.74, 6) is 0. The van der Waals surface area contributed by atoms with E-state index in [4.69, 9.17) is 0 Å². The van der Waals surface area contributed by atoms with Crippen molar-refractivity contribution in [2.45, 2.75) is 27.7 Å². The highest BCUT2D eigenvalue weighted by molar-refractivity contribution is 7.88. The Labute approximate surface area is 312 Å². The molecule has 0 saturated heterocycles. The molecule has 0 atom stereocenters. The molecule has 9 aromatic carbocycles. The van der Waals surface area contributed by atoms with E-state index in [1.165, 1.54) is 0 Å². The first-order valence-electron chi connectivity index (χ1n) is 18.8. The van der Waals surface area contributed by atoms with Gasteiger partial charge in [-0.1, -0.05) is 121 Å². The predicted molar refractivity (Wildman–Crippen MR) is 230 cm³/mol. The van der Waals surface area contributed by atoms with Gasteiger partial charge in [0.25, 0.3) is 0 Å². The van der Waals surface area contributed by atoms with Crippen LogP contribution in [-0.2, 0) is 9.13 Å². The molecular weight excluding hydrogens is 694 g/mol. The van der Waals surface area contributed by atoms with Gasteiger partial charge in [0.2, 0.25) is 0 Å². The van der Waals surface area contributed by atoms with E-state index in [0.717, 1.165) is 142 Å². The smallest absolute Gasteiger partial charge is 0.173 e. The molecule has 0 spiro atoms. The van der Waals surface area contributed by atoms with Crippen LogP contribution in [0.4, 0.5) is 0 Å². The molecule has 254 valence electrons. The van der Waals surface area contributed by atoms with Gasteiger partial charge >= 0.3 is 0 Å². The van der Waals surface area contributed by atoms with Crippen LogP contribution in [0.3, 0.4) is 0 Å². The summed E-state index contributed by atoms with van der Waals surface area (Å²) in [7, 11) is -7.07. The van der Waals surface area contributed by atoms with Gasteiger partial charge in [-0.15, -0.1) is 0 Å². The highest BCUT2D eigenvalue weighted by Crippen LogP contribution is 2.67. The number of aryl methyl sites for hydroxylation is 4. The van der Waals surface area contributed by atoms with Crippen molar-refractivity contribution in [1.82, 2.24) is 0 Å². The minimum absolute atomic E-state index is 0.916. The van der Waals surface area contributed by atoms with E-state index in [-0.39, 0.29) is 0 Å². The molecule has 0 bridgehead atoms. The van der Waals surface area contributed by atoms with Gasteiger partial charge in [-0.05, 0) is 93.7 Å². The van der Waals surface area contributed by atoms with E-state index in [0.29, 0.717) is 0 Å². The molecule has 0 aromatic heterocycles. The third-order valence-electron chi connectivity index (χ3n) is 13.4. The lowest BCUT2D eigenvalue weighted by molar-refractivity contribution is 0.591. The Balaban J connectivity index is 1.46. The number of hydrogen-bond acceptors (Lipinski definition) is 2. The van der Waals surface area contributed by atoms with E-state index < -0.39 is 14.3 Å². The van der Waals surface area contributed by atoms with E-state index >= 15 is 9.13 Å². The van der Waals surface area contributed by atoms with Crippen LogP contribution in [0, 0.1) is 27.7 Å². The largest absolute Gasteiger partial charge is 0.309 e. The van der Waals surface area contributed by atoms with Crippen LogP contribution in [0.1, 0.15) is 22.3 Å². The van der Waals surface area contributed by atoms with E-state index in [1.54, 1.807) is 0 Å². The fraction of sp³-hybridized carbons (Fsp3) is 0.0800. The van der Waals surface area contributed by atoms with Gasteiger partial charge < -0.3 is 9.13 Å². The molecule has 0 radical (unpaired) electrons. The second kappa shape index (κ2) is 9.40. The van der Waals surface area contributed by atoms with E-state index in [2.05, 4.69) is 149 Å². The van der Waals surface area contributed by atoms with Gasteiger partial charge in [0.05, 0.1) is 0 Å². The van der Waals surface area contributed by atoms with Gasteiger partial charge in [0.1, 0.15) is 0 Å². The predicted octanol–water partition coefficient (Wildman–Crippen LogP) is 10.7. The van der Waals surface area contributed by atoms with Crippen LogP contribution in [0.2, 0.25) is 0 Å². The Morgan fingerprint density at radius 1 is 0.296 bits per heavy atom. The zero-order valence-electron chi connectivity index (χ0n) is 30.3. The van der Waals surface area contributed by atoms with Gasteiger partial charge in [-0.25, -0.2) is 0 Å². The van der Waals surface area contributed by atoms with Crippen molar-refractivity contribution in [1.29, 1.82) is 0 Å². The van der Waals surface area contributed by atoms with Crippen LogP contribution < -0.4 is 31.8 Å². The van der Waals surface area contributed by atoms with Crippen molar-refractivity contribution in [2.24, 2.45) is 0 Å². The summed E-state index contributed by atoms with van der Waals surface area (Å²) >= 11 is 0. The van der Waals surface area contributed by atoms with E-state index in [9.17, 15) is 0 Å². The molecule has 4 heteroatoms. The molecule has 0 fully saturated rings. The maximum Gasteiger partial charge on any atom is 0.173 e. The molecule has 4 aliphatic heterocycles. The molecule has 0 aliphatic carbocycles. The first-order valence-corrected chi connectivity index (χ1v) is 22.2. The Morgan fingerprint density at radius 3 is 0.778 bits per heavy atom. The summed E-state index contributed by atoms with van der Waals surface area (Å²) in [4.78, 5) is 0. The Hall–Kier alpha value is -5.52. The Morgan fingerprint density at radius 2 is 0.537 bits per heavy atom. The minimum Gasteiger partial charge on any atom is -0.309 e. The molecular formula is C50H32O2P2. The minimum atomic E-state index is -3.54. The van der Waals surface area contributed by atoms with Crippen molar-refractivity contribution in [3.8, 4) is 44.5 Å². The Bertz CT molecular complexity index is 3040. The van der Waals surface area contributed by atoms with Crippen LogP contribution >= 0.6 is 14.3 Å². The fourth-order valence-corrected chi connectivity index (χ4v) is 18.3. The molecule has 13 rings (SSSR count). The van der Waals surface area contributed by atoms with Crippen LogP contribution in [0.25, 0.3) is 87.6 Å². The van der Waals surface area contributed by atoms with Gasteiger partial charge in [0, 0.05) is 75.6 Å². The number of hydrogen-bond donors (Lipinski definition) is 0. The fourth-order valence-electron chi connectivity index (χ4n) is 11.3. The third kappa shape index (κ3) is 3.02. The quantitative estimate of drug-likeness (QED) is 0.146. The molecule has 9 aromatic rings. The van der Waals surface area contributed by atoms with Crippen LogP contribution in [0.5, 0.6) is 0 Å². The number of benzene rings is 9. The topological polar surface area (TPSA) is 34.1 Å². The molecule has 4 aliphatic rings. The maximum atomic E-state index is 17.3. The SMILES string of the molecule is Cc1ccc2cccc3c2c1-c1c2c4c(c5c1P3(=O)c1cccc3ccc(C)c-5c13)-c1c(C)ccc3cccc(c13)P4(=O)c1cccc3ccc(C)c-2c13. The van der Waals surface area contributed by atoms with Crippen molar-refractivity contribution >= 4 is 89.2 Å². The molecule has 0 saturated carbocycles. The van der Waals surface area contributed by atoms with E-state index in [1.807, 2.05) is 0 Å². The standard InChI is InChI=1S/C50H32O2P2/c1-25-17-21-29-9-5-13-33-41(29)37(25)45-46-38-26(2)18-22-30-10-7-15-35(42(30)38)54(52)36-16-8-12-32-24-20-28(4)40(44(32)36)48(50(46)54)47-39-27(3)19-23-31-11-6-14-34(43(31)39)53(33,51)49(45)47/h5-24H,1-4H3. The van der Waals surface area contributed by atoms with Gasteiger partial charge in [-0.3, -0.25) is 0 Å². The van der Waals surface area contributed by atoms with Gasteiger partial charge in [0.15, 0.2) is 14.3 Å². The Kier molecular flexibility index (Phi) is 5.20. The molecule has 2 nitrogen and oxygen atoms in total. The average molecular weight is 727 g/mol. The number of fused-ring (bicyclic) bond motifs is 10. The summed E-state index contributed by atoms with van der Waals surface area (Å²) in [6, 6.07) is 43.2. The van der Waals surface area contributed by atoms with Crippen LogP contribution in [0.15, 0.2) is 121 Å². The van der Waals surface area contributed by atoms with Gasteiger partial charge in [-0.2, -0.15) is 0 Å². The summed E-state index contributed by atoms with van der Waals surface area (Å²) in [5, 5.41) is 14.1. The molecule has 0 amide bonds. The van der Waals surface area contributed by atoms with Crippen molar-refractivity contribution < 1.29 is 9.13 Å². The lowest BCUT2D eigenvalue weighted by Crippen LogP contribution is -2.41. The van der Waals surface area contributed by atoms with Crippen LogP contribution in [-0.4, -0.2) is 0 Å². The highest BCUT2D eigenvalue weighted by atomic mass is 31.2. The van der Waals surface area contributed by atoms with Crippen molar-refractivity contribution in [2.75, 3.05) is 0 Å². The monoisotopic (exact) mass is 726 g/mol. The molecule has 54 heavy (non-hydrogen) atoms. The average Bonchev–Trinajstić information content (AvgIpc) is 3.18. The first kappa shape index (κ1) is 29.9. The highest BCUT2D eigenvalue weighted by Gasteiger charge is 2.53. The zero-order chi connectivity index (χ0) is 36.2. The summed E-state index contributed by atoms with van der Waals surface area (Å²) in [6.45, 7) is 8.81. The lowest BCUT2D eigenvalue weighted by Gasteiger charge is -2.44. The zero-order valence-corrected chi connectivity index (χ0v) is 32.0. The summed E-state index contributed by atoms with van der Waals surface area (Å²) < 4.78 is 34.7. The van der Waals surface area contributed by atoms with Crippen molar-refractivity contribution in [3.63, 3.8) is 0 Å². The normalized spacial score (nSPS) is 15.5. The lowest BCUT2D eigenvalue weighted by atomic mass is 9.77.